The highest BCUT2D eigenvalue weighted by atomic mass is 35.5. The molecule has 1 amide bonds. The second-order valence-corrected chi connectivity index (χ2v) is 6.21. The van der Waals surface area contributed by atoms with Gasteiger partial charge in [0.2, 0.25) is 0 Å². The van der Waals surface area contributed by atoms with Gasteiger partial charge in [0.05, 0.1) is 16.4 Å². The summed E-state index contributed by atoms with van der Waals surface area (Å²) >= 11 is 6.33. The predicted molar refractivity (Wildman–Crippen MR) is 102 cm³/mol. The third-order valence-corrected chi connectivity index (χ3v) is 4.30. The van der Waals surface area contributed by atoms with Crippen molar-refractivity contribution in [1.29, 1.82) is 0 Å². The molecule has 0 unspecified atom stereocenters. The van der Waals surface area contributed by atoms with Crippen molar-refractivity contribution in [2.45, 2.75) is 0 Å². The number of aromatic nitrogens is 2. The van der Waals surface area contributed by atoms with Crippen LogP contribution in [0.25, 0.3) is 17.1 Å². The van der Waals surface area contributed by atoms with Crippen molar-refractivity contribution in [3.63, 3.8) is 0 Å². The molecule has 0 bridgehead atoms. The van der Waals surface area contributed by atoms with Crippen molar-refractivity contribution < 1.29 is 14.6 Å². The molecule has 0 fully saturated rings. The van der Waals surface area contributed by atoms with Crippen molar-refractivity contribution >= 4 is 23.2 Å². The Bertz CT molecular complexity index is 1080. The number of amides is 1. The second-order valence-electron chi connectivity index (χ2n) is 5.80. The molecule has 0 saturated heterocycles. The van der Waals surface area contributed by atoms with Crippen LogP contribution in [0.4, 0.5) is 5.69 Å². The van der Waals surface area contributed by atoms with Gasteiger partial charge in [-0.05, 0) is 24.3 Å². The fourth-order valence-corrected chi connectivity index (χ4v) is 3.12. The zero-order chi connectivity index (χ0) is 18.8. The van der Waals surface area contributed by atoms with E-state index in [-0.39, 0.29) is 19.1 Å². The summed E-state index contributed by atoms with van der Waals surface area (Å²) in [5, 5.41) is 12.0. The maximum Gasteiger partial charge on any atom is 0.262 e. The zero-order valence-electron chi connectivity index (χ0n) is 14.1. The standard InChI is InChI=1S/C20H14ClN3O3/c21-16-10-15(11-17-19(16)27-12-18(26)23-17)24-8-7-22-20(24)14-5-3-13(4-6-14)2-1-9-25/h3-8,10-11,25H,9,12H2,(H,23,26). The molecular weight excluding hydrogens is 366 g/mol. The maximum atomic E-state index is 11.6. The maximum absolute atomic E-state index is 11.6. The Balaban J connectivity index is 1.73. The Labute approximate surface area is 160 Å². The Kier molecular flexibility index (Phi) is 4.55. The first-order valence-corrected chi connectivity index (χ1v) is 8.53. The lowest BCUT2D eigenvalue weighted by atomic mass is 10.1. The van der Waals surface area contributed by atoms with E-state index in [9.17, 15) is 4.79 Å². The summed E-state index contributed by atoms with van der Waals surface area (Å²) in [4.78, 5) is 16.0. The lowest BCUT2D eigenvalue weighted by Gasteiger charge is -2.20. The van der Waals surface area contributed by atoms with Gasteiger partial charge in [0, 0.05) is 23.5 Å². The van der Waals surface area contributed by atoms with Crippen LogP contribution in [0, 0.1) is 11.8 Å². The number of anilines is 1. The SMILES string of the molecule is O=C1COc2c(Cl)cc(-n3ccnc3-c3ccc(C#CCO)cc3)cc2N1. The van der Waals surface area contributed by atoms with E-state index in [1.165, 1.54) is 0 Å². The number of imidazole rings is 1. The number of halogens is 1. The number of benzene rings is 2. The number of hydrogen-bond donors (Lipinski definition) is 2. The molecule has 0 atom stereocenters. The van der Waals surface area contributed by atoms with Gasteiger partial charge in [-0.15, -0.1) is 0 Å². The number of fused-ring (bicyclic) bond motifs is 1. The minimum atomic E-state index is -0.221. The van der Waals surface area contributed by atoms with E-state index in [0.717, 1.165) is 22.6 Å². The fourth-order valence-electron chi connectivity index (χ4n) is 2.85. The average molecular weight is 380 g/mol. The van der Waals surface area contributed by atoms with Crippen LogP contribution >= 0.6 is 11.6 Å². The van der Waals surface area contributed by atoms with Crippen molar-refractivity contribution in [1.82, 2.24) is 9.55 Å². The molecule has 1 aliphatic rings. The zero-order valence-corrected chi connectivity index (χ0v) is 14.8. The van der Waals surface area contributed by atoms with Crippen LogP contribution in [0.15, 0.2) is 48.8 Å². The van der Waals surface area contributed by atoms with Crippen LogP contribution in [0.1, 0.15) is 5.56 Å². The first-order valence-electron chi connectivity index (χ1n) is 8.16. The summed E-state index contributed by atoms with van der Waals surface area (Å²) < 4.78 is 7.28. The molecule has 0 aliphatic carbocycles. The molecule has 0 spiro atoms. The number of carbonyl (C=O) groups excluding carboxylic acids is 1. The molecular formula is C20H14ClN3O3. The van der Waals surface area contributed by atoms with Crippen LogP contribution in [0.3, 0.4) is 0 Å². The van der Waals surface area contributed by atoms with Crippen molar-refractivity contribution in [3.8, 4) is 34.7 Å². The molecule has 3 aromatic rings. The number of nitrogens with zero attached hydrogens (tertiary/aromatic N) is 2. The number of aliphatic hydroxyl groups excluding tert-OH is 1. The number of rotatable bonds is 2. The quantitative estimate of drug-likeness (QED) is 0.671. The van der Waals surface area contributed by atoms with Gasteiger partial charge in [-0.3, -0.25) is 9.36 Å². The van der Waals surface area contributed by atoms with Crippen LogP contribution in [-0.2, 0) is 4.79 Å². The molecule has 134 valence electrons. The lowest BCUT2D eigenvalue weighted by Crippen LogP contribution is -2.25. The first-order chi connectivity index (χ1) is 13.2. The summed E-state index contributed by atoms with van der Waals surface area (Å²) in [6.45, 7) is -0.223. The van der Waals surface area contributed by atoms with E-state index in [4.69, 9.17) is 21.4 Å². The van der Waals surface area contributed by atoms with E-state index < -0.39 is 0 Å². The fraction of sp³-hybridized carbons (Fsp3) is 0.100. The topological polar surface area (TPSA) is 76.4 Å². The third-order valence-electron chi connectivity index (χ3n) is 4.02. The Hall–Kier alpha value is -3.27. The molecule has 1 aliphatic heterocycles. The smallest absolute Gasteiger partial charge is 0.262 e. The predicted octanol–water partition coefficient (Wildman–Crippen LogP) is 2.87. The highest BCUT2D eigenvalue weighted by molar-refractivity contribution is 6.33. The van der Waals surface area contributed by atoms with E-state index in [1.54, 1.807) is 18.3 Å². The largest absolute Gasteiger partial charge is 0.480 e. The Morgan fingerprint density at radius 3 is 2.89 bits per heavy atom. The van der Waals surface area contributed by atoms with Gasteiger partial charge in [-0.2, -0.15) is 0 Å². The summed E-state index contributed by atoms with van der Waals surface area (Å²) in [5.41, 5.74) is 2.98. The van der Waals surface area contributed by atoms with Crippen LogP contribution in [0.5, 0.6) is 5.75 Å². The normalized spacial score (nSPS) is 12.4. The highest BCUT2D eigenvalue weighted by Gasteiger charge is 2.21. The molecule has 7 heteroatoms. The van der Waals surface area contributed by atoms with E-state index in [1.807, 2.05) is 35.0 Å². The molecule has 27 heavy (non-hydrogen) atoms. The van der Waals surface area contributed by atoms with Crippen molar-refractivity contribution in [3.05, 3.63) is 59.4 Å². The summed E-state index contributed by atoms with van der Waals surface area (Å²) in [6, 6.07) is 11.1. The molecule has 0 radical (unpaired) electrons. The number of aliphatic hydroxyl groups is 1. The first kappa shape index (κ1) is 17.2. The van der Waals surface area contributed by atoms with Crippen molar-refractivity contribution in [2.24, 2.45) is 0 Å². The number of carbonyl (C=O) groups is 1. The highest BCUT2D eigenvalue weighted by Crippen LogP contribution is 2.38. The minimum absolute atomic E-state index is 0.0477. The van der Waals surface area contributed by atoms with Crippen molar-refractivity contribution in [2.75, 3.05) is 18.5 Å². The van der Waals surface area contributed by atoms with E-state index >= 15 is 0 Å². The molecule has 1 aromatic heterocycles. The lowest BCUT2D eigenvalue weighted by molar-refractivity contribution is -0.118. The summed E-state index contributed by atoms with van der Waals surface area (Å²) in [6.07, 6.45) is 3.51. The minimum Gasteiger partial charge on any atom is -0.480 e. The average Bonchev–Trinajstić information content (AvgIpc) is 3.16. The van der Waals surface area contributed by atoms with Crippen LogP contribution in [-0.4, -0.2) is 33.8 Å². The molecule has 2 heterocycles. The Morgan fingerprint density at radius 1 is 1.30 bits per heavy atom. The molecule has 6 nitrogen and oxygen atoms in total. The van der Waals surface area contributed by atoms with Gasteiger partial charge < -0.3 is 15.2 Å². The molecule has 2 aromatic carbocycles. The number of ether oxygens (including phenoxy) is 1. The third kappa shape index (κ3) is 3.38. The molecule has 2 N–H and O–H groups in total. The van der Waals surface area contributed by atoms with E-state index in [0.29, 0.717) is 16.5 Å². The number of hydrogen-bond acceptors (Lipinski definition) is 4. The van der Waals surface area contributed by atoms with Gasteiger partial charge in [-0.25, -0.2) is 4.98 Å². The van der Waals surface area contributed by atoms with Crippen LogP contribution in [0.2, 0.25) is 5.02 Å². The molecule has 4 rings (SSSR count). The summed E-state index contributed by atoms with van der Waals surface area (Å²) in [5.74, 6) is 6.44. The molecule has 0 saturated carbocycles. The van der Waals surface area contributed by atoms with Gasteiger partial charge in [0.15, 0.2) is 12.4 Å². The Morgan fingerprint density at radius 2 is 2.11 bits per heavy atom. The van der Waals surface area contributed by atoms with Crippen LogP contribution < -0.4 is 10.1 Å². The van der Waals surface area contributed by atoms with Gasteiger partial charge in [0.1, 0.15) is 12.4 Å². The monoisotopic (exact) mass is 379 g/mol. The summed E-state index contributed by atoms with van der Waals surface area (Å²) in [7, 11) is 0. The van der Waals surface area contributed by atoms with Gasteiger partial charge in [0.25, 0.3) is 5.91 Å². The van der Waals surface area contributed by atoms with E-state index in [2.05, 4.69) is 22.1 Å². The second kappa shape index (κ2) is 7.16. The number of nitrogens with one attached hydrogen (secondary N) is 1. The van der Waals surface area contributed by atoms with Gasteiger partial charge >= 0.3 is 0 Å². The van der Waals surface area contributed by atoms with Gasteiger partial charge in [-0.1, -0.05) is 35.6 Å².